The van der Waals surface area contributed by atoms with Gasteiger partial charge in [-0.2, -0.15) is 0 Å². The van der Waals surface area contributed by atoms with Crippen LogP contribution in [0.4, 0.5) is 0 Å². The van der Waals surface area contributed by atoms with Gasteiger partial charge in [0.2, 0.25) is 5.91 Å². The molecule has 1 N–H and O–H groups in total. The molecule has 0 aliphatic carbocycles. The molecule has 1 rings (SSSR count). The van der Waals surface area contributed by atoms with E-state index in [1.807, 2.05) is 7.05 Å². The molecule has 3 heteroatoms. The van der Waals surface area contributed by atoms with Crippen LogP contribution in [0.25, 0.3) is 0 Å². The molecule has 3 nitrogen and oxygen atoms in total. The fourth-order valence-corrected chi connectivity index (χ4v) is 3.31. The number of nitrogens with one attached hydrogen (secondary N) is 1. The Hall–Kier alpha value is -0.570. The average molecular weight is 268 g/mol. The molecule has 0 aromatic carbocycles. The Bertz CT molecular complexity index is 281. The quantitative estimate of drug-likeness (QED) is 0.831. The number of hydrogen-bond acceptors (Lipinski definition) is 2. The van der Waals surface area contributed by atoms with Crippen molar-refractivity contribution in [3.05, 3.63) is 0 Å². The summed E-state index contributed by atoms with van der Waals surface area (Å²) in [6.45, 7) is 10.8. The Labute approximate surface area is 119 Å². The molecule has 1 heterocycles. The predicted molar refractivity (Wildman–Crippen MR) is 81.1 cm³/mol. The first-order valence-electron chi connectivity index (χ1n) is 7.77. The van der Waals surface area contributed by atoms with Crippen molar-refractivity contribution in [2.75, 3.05) is 20.1 Å². The third-order valence-electron chi connectivity index (χ3n) is 3.87. The topological polar surface area (TPSA) is 32.3 Å². The summed E-state index contributed by atoms with van der Waals surface area (Å²) in [7, 11) is 1.97. The summed E-state index contributed by atoms with van der Waals surface area (Å²) in [6, 6.07) is 0.410. The molecule has 112 valence electrons. The van der Waals surface area contributed by atoms with Crippen molar-refractivity contribution < 1.29 is 4.79 Å². The first-order chi connectivity index (χ1) is 8.83. The maximum atomic E-state index is 12.5. The third kappa shape index (κ3) is 5.94. The highest BCUT2D eigenvalue weighted by Crippen LogP contribution is 2.27. The molecule has 1 aliphatic rings. The lowest BCUT2D eigenvalue weighted by atomic mass is 9.84. The van der Waals surface area contributed by atoms with Crippen molar-refractivity contribution in [3.8, 4) is 0 Å². The molecule has 1 aliphatic heterocycles. The number of rotatable bonds is 5. The number of amides is 1. The number of nitrogens with zero attached hydrogens (tertiary/aromatic N) is 1. The lowest BCUT2D eigenvalue weighted by Gasteiger charge is -2.36. The van der Waals surface area contributed by atoms with Gasteiger partial charge in [0.05, 0.1) is 0 Å². The molecule has 2 atom stereocenters. The van der Waals surface area contributed by atoms with E-state index in [4.69, 9.17) is 0 Å². The lowest BCUT2D eigenvalue weighted by Crippen LogP contribution is -2.48. The van der Waals surface area contributed by atoms with E-state index in [2.05, 4.69) is 37.9 Å². The van der Waals surface area contributed by atoms with Crippen LogP contribution in [0.15, 0.2) is 0 Å². The van der Waals surface area contributed by atoms with E-state index >= 15 is 0 Å². The van der Waals surface area contributed by atoms with Crippen molar-refractivity contribution >= 4 is 5.91 Å². The number of likely N-dealkylation sites (tertiary alicyclic amines) is 1. The number of carbonyl (C=O) groups excluding carboxylic acids is 1. The van der Waals surface area contributed by atoms with E-state index in [0.717, 1.165) is 25.9 Å². The maximum Gasteiger partial charge on any atom is 0.223 e. The van der Waals surface area contributed by atoms with Crippen LogP contribution in [0, 0.1) is 11.3 Å². The number of carbonyl (C=O) groups is 1. The Balaban J connectivity index is 2.50. The summed E-state index contributed by atoms with van der Waals surface area (Å²) in [5, 5.41) is 3.22. The zero-order valence-electron chi connectivity index (χ0n) is 13.5. The second kappa shape index (κ2) is 7.28. The second-order valence-corrected chi connectivity index (χ2v) is 7.37. The fraction of sp³-hybridized carbons (Fsp3) is 0.938. The van der Waals surface area contributed by atoms with Crippen LogP contribution in [0.2, 0.25) is 0 Å². The molecule has 1 amide bonds. The van der Waals surface area contributed by atoms with Gasteiger partial charge in [0, 0.05) is 25.6 Å². The highest BCUT2D eigenvalue weighted by molar-refractivity contribution is 5.76. The van der Waals surface area contributed by atoms with E-state index in [0.29, 0.717) is 29.7 Å². The van der Waals surface area contributed by atoms with Gasteiger partial charge in [-0.1, -0.05) is 27.7 Å². The second-order valence-electron chi connectivity index (χ2n) is 7.37. The molecular formula is C16H32N2O. The highest BCUT2D eigenvalue weighted by atomic mass is 16.2. The normalized spacial score (nSPS) is 22.4. The zero-order chi connectivity index (χ0) is 14.5. The van der Waals surface area contributed by atoms with Crippen molar-refractivity contribution in [2.24, 2.45) is 11.3 Å². The van der Waals surface area contributed by atoms with E-state index in [1.54, 1.807) is 0 Å². The van der Waals surface area contributed by atoms with Gasteiger partial charge in [-0.25, -0.2) is 0 Å². The Morgan fingerprint density at radius 1 is 1.37 bits per heavy atom. The zero-order valence-corrected chi connectivity index (χ0v) is 13.5. The van der Waals surface area contributed by atoms with Gasteiger partial charge in [0.25, 0.3) is 0 Å². The monoisotopic (exact) mass is 268 g/mol. The van der Waals surface area contributed by atoms with Gasteiger partial charge in [-0.05, 0) is 44.1 Å². The first-order valence-corrected chi connectivity index (χ1v) is 7.77. The first kappa shape index (κ1) is 16.5. The van der Waals surface area contributed by atoms with Crippen molar-refractivity contribution in [3.63, 3.8) is 0 Å². The highest BCUT2D eigenvalue weighted by Gasteiger charge is 2.27. The van der Waals surface area contributed by atoms with Crippen LogP contribution in [0.1, 0.15) is 59.8 Å². The minimum absolute atomic E-state index is 0.311. The summed E-state index contributed by atoms with van der Waals surface area (Å²) < 4.78 is 0. The molecular weight excluding hydrogens is 236 g/mol. The molecule has 19 heavy (non-hydrogen) atoms. The third-order valence-corrected chi connectivity index (χ3v) is 3.87. The van der Waals surface area contributed by atoms with Gasteiger partial charge in [0.15, 0.2) is 0 Å². The van der Waals surface area contributed by atoms with Crippen LogP contribution in [-0.4, -0.2) is 37.0 Å². The molecule has 0 aromatic heterocycles. The average Bonchev–Trinajstić information content (AvgIpc) is 2.27. The minimum Gasteiger partial charge on any atom is -0.338 e. The lowest BCUT2D eigenvalue weighted by molar-refractivity contribution is -0.135. The van der Waals surface area contributed by atoms with Gasteiger partial charge in [-0.3, -0.25) is 4.79 Å². The van der Waals surface area contributed by atoms with Crippen LogP contribution >= 0.6 is 0 Å². The summed E-state index contributed by atoms with van der Waals surface area (Å²) in [4.78, 5) is 14.6. The molecule has 2 unspecified atom stereocenters. The SMILES string of the molecule is CNCC1CCCCN1C(=O)CC(C)CC(C)(C)C. The summed E-state index contributed by atoms with van der Waals surface area (Å²) in [6.07, 6.45) is 5.40. The van der Waals surface area contributed by atoms with E-state index in [-0.39, 0.29) is 0 Å². The number of likely N-dealkylation sites (N-methyl/N-ethyl adjacent to an activating group) is 1. The number of piperidine rings is 1. The van der Waals surface area contributed by atoms with Gasteiger partial charge in [-0.15, -0.1) is 0 Å². The van der Waals surface area contributed by atoms with Gasteiger partial charge in [0.1, 0.15) is 0 Å². The van der Waals surface area contributed by atoms with Gasteiger partial charge < -0.3 is 10.2 Å². The maximum absolute atomic E-state index is 12.5. The van der Waals surface area contributed by atoms with E-state index < -0.39 is 0 Å². The molecule has 0 spiro atoms. The summed E-state index contributed by atoms with van der Waals surface area (Å²) >= 11 is 0. The van der Waals surface area contributed by atoms with Crippen molar-refractivity contribution in [1.82, 2.24) is 10.2 Å². The Kier molecular flexibility index (Phi) is 6.31. The molecule has 0 aromatic rings. The molecule has 1 fully saturated rings. The minimum atomic E-state index is 0.311. The van der Waals surface area contributed by atoms with Crippen molar-refractivity contribution in [2.45, 2.75) is 65.8 Å². The standard InChI is InChI=1S/C16H32N2O/c1-13(11-16(2,3)4)10-15(19)18-9-7-6-8-14(18)12-17-5/h13-14,17H,6-12H2,1-5H3. The van der Waals surface area contributed by atoms with Crippen LogP contribution in [-0.2, 0) is 4.79 Å². The number of hydrogen-bond donors (Lipinski definition) is 1. The summed E-state index contributed by atoms with van der Waals surface area (Å²) in [5.74, 6) is 0.835. The van der Waals surface area contributed by atoms with Crippen LogP contribution < -0.4 is 5.32 Å². The Morgan fingerprint density at radius 3 is 2.63 bits per heavy atom. The molecule has 1 saturated heterocycles. The Morgan fingerprint density at radius 2 is 2.05 bits per heavy atom. The predicted octanol–water partition coefficient (Wildman–Crippen LogP) is 3.05. The molecule has 0 radical (unpaired) electrons. The van der Waals surface area contributed by atoms with E-state index in [1.165, 1.54) is 12.8 Å². The van der Waals surface area contributed by atoms with Crippen molar-refractivity contribution in [1.29, 1.82) is 0 Å². The summed E-state index contributed by atoms with van der Waals surface area (Å²) in [5.41, 5.74) is 0.311. The van der Waals surface area contributed by atoms with Crippen LogP contribution in [0.3, 0.4) is 0 Å². The van der Waals surface area contributed by atoms with Crippen LogP contribution in [0.5, 0.6) is 0 Å². The largest absolute Gasteiger partial charge is 0.338 e. The fourth-order valence-electron chi connectivity index (χ4n) is 3.31. The smallest absolute Gasteiger partial charge is 0.223 e. The van der Waals surface area contributed by atoms with E-state index in [9.17, 15) is 4.79 Å². The van der Waals surface area contributed by atoms with Gasteiger partial charge >= 0.3 is 0 Å². The molecule has 0 bridgehead atoms. The molecule has 0 saturated carbocycles.